The SMILES string of the molecule is COC(=O)C1C(C)=Nc2nc3c(c(N)c2C1c1cccc([N+](=O)[O-])c1)CCCC3C. The van der Waals surface area contributed by atoms with E-state index in [2.05, 4.69) is 11.9 Å². The van der Waals surface area contributed by atoms with E-state index >= 15 is 0 Å². The lowest BCUT2D eigenvalue weighted by Gasteiger charge is -2.34. The number of aliphatic imine (C=N–C) groups is 1. The van der Waals surface area contributed by atoms with E-state index in [-0.39, 0.29) is 11.6 Å². The first kappa shape index (κ1) is 20.0. The molecule has 1 aliphatic carbocycles. The maximum atomic E-state index is 12.7. The molecule has 4 rings (SSSR count). The highest BCUT2D eigenvalue weighted by molar-refractivity contribution is 6.05. The van der Waals surface area contributed by atoms with E-state index in [1.54, 1.807) is 19.1 Å². The number of fused-ring (bicyclic) bond motifs is 2. The summed E-state index contributed by atoms with van der Waals surface area (Å²) < 4.78 is 5.06. The molecule has 0 fully saturated rings. The van der Waals surface area contributed by atoms with Crippen molar-refractivity contribution in [1.82, 2.24) is 4.98 Å². The van der Waals surface area contributed by atoms with Gasteiger partial charge in [0.25, 0.3) is 5.69 Å². The maximum Gasteiger partial charge on any atom is 0.315 e. The van der Waals surface area contributed by atoms with Crippen molar-refractivity contribution in [1.29, 1.82) is 0 Å². The number of rotatable bonds is 3. The number of nitro benzene ring substituents is 1. The molecule has 3 unspecified atom stereocenters. The molecule has 3 atom stereocenters. The van der Waals surface area contributed by atoms with Crippen molar-refractivity contribution in [3.8, 4) is 0 Å². The summed E-state index contributed by atoms with van der Waals surface area (Å²) >= 11 is 0. The number of nitrogen functional groups attached to an aromatic ring is 1. The second kappa shape index (κ2) is 7.51. The first-order valence-electron chi connectivity index (χ1n) is 10.0. The molecule has 2 heterocycles. The van der Waals surface area contributed by atoms with E-state index in [4.69, 9.17) is 15.5 Å². The summed E-state index contributed by atoms with van der Waals surface area (Å²) in [5.41, 5.74) is 11.0. The number of hydrogen-bond acceptors (Lipinski definition) is 7. The van der Waals surface area contributed by atoms with Crippen LogP contribution in [0, 0.1) is 16.0 Å². The standard InChI is InChI=1S/C22H24N4O4/c1-11-6-4-9-15-19(23)18-17(13-7-5-8-14(10-13)26(28)29)16(22(27)30-3)12(2)24-21(18)25-20(11)15/h5,7-8,10-11,16-17H,4,6,9H2,1-3H3,(H2,23,25). The smallest absolute Gasteiger partial charge is 0.315 e. The van der Waals surface area contributed by atoms with Crippen LogP contribution < -0.4 is 5.73 Å². The molecule has 1 aliphatic heterocycles. The number of benzene rings is 1. The first-order chi connectivity index (χ1) is 14.3. The van der Waals surface area contributed by atoms with Gasteiger partial charge in [-0.15, -0.1) is 0 Å². The summed E-state index contributed by atoms with van der Waals surface area (Å²) in [5, 5.41) is 11.4. The summed E-state index contributed by atoms with van der Waals surface area (Å²) in [6.45, 7) is 3.89. The molecule has 2 N–H and O–H groups in total. The molecule has 8 heteroatoms. The summed E-state index contributed by atoms with van der Waals surface area (Å²) in [6.07, 6.45) is 2.88. The van der Waals surface area contributed by atoms with Gasteiger partial charge in [-0.2, -0.15) is 0 Å². The number of ether oxygens (including phenoxy) is 1. The van der Waals surface area contributed by atoms with Crippen LogP contribution in [0.2, 0.25) is 0 Å². The number of carbonyl (C=O) groups excluding carboxylic acids is 1. The molecule has 0 saturated heterocycles. The highest BCUT2D eigenvalue weighted by Gasteiger charge is 2.42. The number of nitro groups is 1. The lowest BCUT2D eigenvalue weighted by molar-refractivity contribution is -0.384. The highest BCUT2D eigenvalue weighted by atomic mass is 16.6. The minimum atomic E-state index is -0.729. The van der Waals surface area contributed by atoms with Crippen LogP contribution in [0.3, 0.4) is 0 Å². The van der Waals surface area contributed by atoms with Crippen LogP contribution in [0.15, 0.2) is 29.3 Å². The van der Waals surface area contributed by atoms with E-state index in [1.807, 2.05) is 0 Å². The fourth-order valence-corrected chi connectivity index (χ4v) is 4.72. The van der Waals surface area contributed by atoms with Crippen molar-refractivity contribution in [3.05, 3.63) is 56.8 Å². The number of non-ortho nitro benzene ring substituents is 1. The zero-order valence-electron chi connectivity index (χ0n) is 17.2. The number of esters is 1. The molecule has 2 aromatic rings. The number of hydrogen-bond donors (Lipinski definition) is 1. The number of anilines is 1. The Labute approximate surface area is 174 Å². The monoisotopic (exact) mass is 408 g/mol. The first-order valence-corrected chi connectivity index (χ1v) is 10.0. The Bertz CT molecular complexity index is 1080. The van der Waals surface area contributed by atoms with Crippen molar-refractivity contribution in [2.24, 2.45) is 10.9 Å². The van der Waals surface area contributed by atoms with Gasteiger partial charge in [0.15, 0.2) is 5.82 Å². The van der Waals surface area contributed by atoms with Crippen molar-refractivity contribution in [2.45, 2.75) is 44.9 Å². The average molecular weight is 408 g/mol. The van der Waals surface area contributed by atoms with Crippen molar-refractivity contribution < 1.29 is 14.5 Å². The molecule has 156 valence electrons. The van der Waals surface area contributed by atoms with Crippen LogP contribution >= 0.6 is 0 Å². The third kappa shape index (κ3) is 3.12. The van der Waals surface area contributed by atoms with E-state index in [0.717, 1.165) is 30.5 Å². The second-order valence-electron chi connectivity index (χ2n) is 8.00. The lowest BCUT2D eigenvalue weighted by Crippen LogP contribution is -2.34. The topological polar surface area (TPSA) is 121 Å². The van der Waals surface area contributed by atoms with Crippen LogP contribution in [0.5, 0.6) is 0 Å². The van der Waals surface area contributed by atoms with Gasteiger partial charge >= 0.3 is 5.97 Å². The van der Waals surface area contributed by atoms with Gasteiger partial charge in [0, 0.05) is 35.0 Å². The molecule has 0 bridgehead atoms. The van der Waals surface area contributed by atoms with E-state index in [0.29, 0.717) is 28.3 Å². The Morgan fingerprint density at radius 3 is 2.83 bits per heavy atom. The van der Waals surface area contributed by atoms with Gasteiger partial charge in [-0.1, -0.05) is 19.1 Å². The quantitative estimate of drug-likeness (QED) is 0.465. The molecule has 1 aromatic heterocycles. The number of nitrogens with two attached hydrogens (primary N) is 1. The predicted molar refractivity (Wildman–Crippen MR) is 113 cm³/mol. The van der Waals surface area contributed by atoms with Crippen molar-refractivity contribution in [2.75, 3.05) is 12.8 Å². The minimum absolute atomic E-state index is 0.0454. The Kier molecular flexibility index (Phi) is 5.01. The Morgan fingerprint density at radius 2 is 2.13 bits per heavy atom. The van der Waals surface area contributed by atoms with Crippen molar-refractivity contribution in [3.63, 3.8) is 0 Å². The van der Waals surface area contributed by atoms with E-state index in [9.17, 15) is 14.9 Å². The third-order valence-corrected chi connectivity index (χ3v) is 6.19. The van der Waals surface area contributed by atoms with Crippen LogP contribution in [0.25, 0.3) is 0 Å². The lowest BCUT2D eigenvalue weighted by atomic mass is 9.74. The van der Waals surface area contributed by atoms with Gasteiger partial charge in [0.2, 0.25) is 0 Å². The van der Waals surface area contributed by atoms with Crippen LogP contribution in [0.1, 0.15) is 60.9 Å². The Balaban J connectivity index is 1.99. The summed E-state index contributed by atoms with van der Waals surface area (Å²) in [6, 6.07) is 6.31. The van der Waals surface area contributed by atoms with Crippen LogP contribution in [-0.2, 0) is 16.0 Å². The Morgan fingerprint density at radius 1 is 1.37 bits per heavy atom. The average Bonchev–Trinajstić information content (AvgIpc) is 2.73. The van der Waals surface area contributed by atoms with Gasteiger partial charge in [-0.3, -0.25) is 14.9 Å². The number of methoxy groups -OCH3 is 1. The fraction of sp³-hybridized carbons (Fsp3) is 0.409. The Hall–Kier alpha value is -3.29. The van der Waals surface area contributed by atoms with Crippen LogP contribution in [-0.4, -0.2) is 28.7 Å². The molecule has 0 radical (unpaired) electrons. The summed E-state index contributed by atoms with van der Waals surface area (Å²) in [5.74, 6) is -0.961. The second-order valence-corrected chi connectivity index (χ2v) is 8.00. The van der Waals surface area contributed by atoms with Gasteiger partial charge in [-0.05, 0) is 43.2 Å². The molecule has 0 amide bonds. The third-order valence-electron chi connectivity index (χ3n) is 6.19. The molecule has 8 nitrogen and oxygen atoms in total. The zero-order chi connectivity index (χ0) is 21.6. The molecular formula is C22H24N4O4. The molecule has 30 heavy (non-hydrogen) atoms. The normalized spacial score (nSPS) is 22.5. The molecule has 0 spiro atoms. The maximum absolute atomic E-state index is 12.7. The van der Waals surface area contributed by atoms with Crippen LogP contribution in [0.4, 0.5) is 17.2 Å². The fourth-order valence-electron chi connectivity index (χ4n) is 4.72. The highest BCUT2D eigenvalue weighted by Crippen LogP contribution is 2.48. The predicted octanol–water partition coefficient (Wildman–Crippen LogP) is 4.04. The van der Waals surface area contributed by atoms with Crippen molar-refractivity contribution >= 4 is 28.9 Å². The number of aromatic nitrogens is 1. The van der Waals surface area contributed by atoms with E-state index < -0.39 is 22.7 Å². The summed E-state index contributed by atoms with van der Waals surface area (Å²) in [4.78, 5) is 33.1. The molecule has 1 aromatic carbocycles. The number of pyridine rings is 1. The zero-order valence-corrected chi connectivity index (χ0v) is 17.2. The number of nitrogens with zero attached hydrogens (tertiary/aromatic N) is 3. The van der Waals surface area contributed by atoms with E-state index in [1.165, 1.54) is 19.2 Å². The van der Waals surface area contributed by atoms with Gasteiger partial charge in [-0.25, -0.2) is 9.98 Å². The molecule has 2 aliphatic rings. The largest absolute Gasteiger partial charge is 0.468 e. The van der Waals surface area contributed by atoms with Gasteiger partial charge < -0.3 is 10.5 Å². The molecule has 0 saturated carbocycles. The molecular weight excluding hydrogens is 384 g/mol. The number of carbonyl (C=O) groups is 1. The minimum Gasteiger partial charge on any atom is -0.468 e. The van der Waals surface area contributed by atoms with Gasteiger partial charge in [0.1, 0.15) is 5.92 Å². The van der Waals surface area contributed by atoms with Gasteiger partial charge in [0.05, 0.1) is 17.7 Å². The summed E-state index contributed by atoms with van der Waals surface area (Å²) in [7, 11) is 1.33.